The first-order chi connectivity index (χ1) is 15.0. The van der Waals surface area contributed by atoms with Gasteiger partial charge in [-0.25, -0.2) is 0 Å². The van der Waals surface area contributed by atoms with E-state index in [1.165, 1.54) is 17.3 Å². The van der Waals surface area contributed by atoms with Gasteiger partial charge in [0.05, 0.1) is 10.6 Å². The van der Waals surface area contributed by atoms with Gasteiger partial charge in [0, 0.05) is 10.6 Å². The van der Waals surface area contributed by atoms with Crippen molar-refractivity contribution in [1.29, 1.82) is 0 Å². The van der Waals surface area contributed by atoms with Crippen LogP contribution in [0, 0.1) is 0 Å². The molecule has 1 heterocycles. The molecule has 0 atom stereocenters. The largest absolute Gasteiger partial charge is 0.488 e. The predicted octanol–water partition coefficient (Wildman–Crippen LogP) is 6.89. The molecule has 6 heteroatoms. The lowest BCUT2D eigenvalue weighted by Crippen LogP contribution is -2.27. The van der Waals surface area contributed by atoms with E-state index in [0.717, 1.165) is 23.2 Å². The van der Waals surface area contributed by atoms with Crippen LogP contribution in [0.15, 0.2) is 77.7 Å². The van der Waals surface area contributed by atoms with Gasteiger partial charge in [-0.2, -0.15) is 0 Å². The first kappa shape index (κ1) is 21.6. The number of carbonyl (C=O) groups excluding carboxylic acids is 1. The molecule has 0 N–H and O–H groups in total. The Labute approximate surface area is 196 Å². The van der Waals surface area contributed by atoms with Gasteiger partial charge in [-0.1, -0.05) is 85.0 Å². The lowest BCUT2D eigenvalue weighted by Gasteiger charge is -2.14. The molecule has 0 aliphatic carbocycles. The predicted molar refractivity (Wildman–Crippen MR) is 134 cm³/mol. The minimum absolute atomic E-state index is 0.119. The molecule has 3 nitrogen and oxygen atoms in total. The van der Waals surface area contributed by atoms with Crippen LogP contribution in [0.2, 0.25) is 5.02 Å². The average molecular weight is 466 g/mol. The van der Waals surface area contributed by atoms with Crippen LogP contribution < -0.4 is 9.64 Å². The van der Waals surface area contributed by atoms with E-state index in [2.05, 4.69) is 6.92 Å². The number of amides is 1. The second-order valence-corrected chi connectivity index (χ2v) is 9.10. The van der Waals surface area contributed by atoms with E-state index in [4.69, 9.17) is 28.6 Å². The van der Waals surface area contributed by atoms with Gasteiger partial charge in [-0.3, -0.25) is 9.69 Å². The summed E-state index contributed by atoms with van der Waals surface area (Å²) in [5, 5.41) is 0.690. The van der Waals surface area contributed by atoms with Gasteiger partial charge >= 0.3 is 0 Å². The second kappa shape index (κ2) is 9.69. The second-order valence-electron chi connectivity index (χ2n) is 6.99. The van der Waals surface area contributed by atoms with E-state index in [0.29, 0.717) is 26.6 Å². The van der Waals surface area contributed by atoms with E-state index >= 15 is 0 Å². The van der Waals surface area contributed by atoms with Crippen LogP contribution in [-0.2, 0) is 17.8 Å². The molecule has 0 saturated carbocycles. The van der Waals surface area contributed by atoms with Gasteiger partial charge in [0.15, 0.2) is 4.32 Å². The van der Waals surface area contributed by atoms with Crippen molar-refractivity contribution in [3.8, 4) is 5.75 Å². The van der Waals surface area contributed by atoms with E-state index in [9.17, 15) is 4.79 Å². The summed E-state index contributed by atoms with van der Waals surface area (Å²) in [4.78, 5) is 15.3. The van der Waals surface area contributed by atoms with Crippen molar-refractivity contribution in [2.75, 3.05) is 4.90 Å². The number of thiocarbonyl (C=S) groups is 1. The van der Waals surface area contributed by atoms with Gasteiger partial charge in [0.2, 0.25) is 0 Å². The number of halogens is 1. The van der Waals surface area contributed by atoms with E-state index < -0.39 is 0 Å². The van der Waals surface area contributed by atoms with Gasteiger partial charge in [0.1, 0.15) is 12.4 Å². The van der Waals surface area contributed by atoms with Gasteiger partial charge in [-0.15, -0.1) is 0 Å². The van der Waals surface area contributed by atoms with Crippen molar-refractivity contribution in [2.45, 2.75) is 20.0 Å². The lowest BCUT2D eigenvalue weighted by molar-refractivity contribution is -0.113. The normalized spacial score (nSPS) is 15.0. The maximum atomic E-state index is 13.1. The smallest absolute Gasteiger partial charge is 0.270 e. The highest BCUT2D eigenvalue weighted by molar-refractivity contribution is 8.27. The molecule has 1 amide bonds. The summed E-state index contributed by atoms with van der Waals surface area (Å²) in [5.74, 6) is 0.585. The summed E-state index contributed by atoms with van der Waals surface area (Å²) >= 11 is 12.8. The number of rotatable bonds is 6. The van der Waals surface area contributed by atoms with Crippen molar-refractivity contribution in [1.82, 2.24) is 0 Å². The number of aryl methyl sites for hydroxylation is 1. The molecule has 1 fully saturated rings. The Balaban J connectivity index is 1.55. The Hall–Kier alpha value is -2.60. The molecule has 4 rings (SSSR count). The molecule has 0 bridgehead atoms. The highest BCUT2D eigenvalue weighted by Crippen LogP contribution is 2.37. The number of carbonyl (C=O) groups is 1. The standard InChI is InChI=1S/C25H20ClNO2S2/c1-2-17-9-13-21(14-10-17)27-24(28)23(31-25(27)30)15-19-5-3-4-6-22(19)29-16-18-7-11-20(26)12-8-18/h3-15H,2,16H2,1H3/b23-15-. The average Bonchev–Trinajstić information content (AvgIpc) is 3.07. The zero-order valence-electron chi connectivity index (χ0n) is 16.9. The Morgan fingerprint density at radius 1 is 1.00 bits per heavy atom. The number of para-hydroxylation sites is 1. The molecule has 0 spiro atoms. The number of hydrogen-bond donors (Lipinski definition) is 0. The maximum Gasteiger partial charge on any atom is 0.270 e. The van der Waals surface area contributed by atoms with Crippen LogP contribution in [0.25, 0.3) is 6.08 Å². The first-order valence-electron chi connectivity index (χ1n) is 9.88. The zero-order valence-corrected chi connectivity index (χ0v) is 19.3. The third-order valence-electron chi connectivity index (χ3n) is 4.91. The summed E-state index contributed by atoms with van der Waals surface area (Å²) in [7, 11) is 0. The highest BCUT2D eigenvalue weighted by Gasteiger charge is 2.33. The Morgan fingerprint density at radius 2 is 1.68 bits per heavy atom. The van der Waals surface area contributed by atoms with Crippen LogP contribution in [0.3, 0.4) is 0 Å². The molecule has 0 unspecified atom stereocenters. The van der Waals surface area contributed by atoms with E-state index in [1.54, 1.807) is 4.90 Å². The number of hydrogen-bond acceptors (Lipinski definition) is 4. The zero-order chi connectivity index (χ0) is 21.8. The van der Waals surface area contributed by atoms with Crippen molar-refractivity contribution in [3.05, 3.63) is 99.4 Å². The molecule has 31 heavy (non-hydrogen) atoms. The van der Waals surface area contributed by atoms with Crippen LogP contribution in [0.4, 0.5) is 5.69 Å². The lowest BCUT2D eigenvalue weighted by atomic mass is 10.1. The van der Waals surface area contributed by atoms with Crippen molar-refractivity contribution < 1.29 is 9.53 Å². The number of nitrogens with zero attached hydrogens (tertiary/aromatic N) is 1. The molecular formula is C25H20ClNO2S2. The Kier molecular flexibility index (Phi) is 6.76. The number of anilines is 1. The monoisotopic (exact) mass is 465 g/mol. The molecule has 1 aliphatic heterocycles. The molecule has 0 aromatic heterocycles. The van der Waals surface area contributed by atoms with E-state index in [-0.39, 0.29) is 5.91 Å². The number of thioether (sulfide) groups is 1. The molecular weight excluding hydrogens is 446 g/mol. The summed E-state index contributed by atoms with van der Waals surface area (Å²) < 4.78 is 6.55. The topological polar surface area (TPSA) is 29.5 Å². The van der Waals surface area contributed by atoms with Gasteiger partial charge in [0.25, 0.3) is 5.91 Å². The summed E-state index contributed by atoms with van der Waals surface area (Å²) in [6, 6.07) is 23.1. The fourth-order valence-corrected chi connectivity index (χ4v) is 4.60. The summed E-state index contributed by atoms with van der Waals surface area (Å²) in [6.07, 6.45) is 2.79. The van der Waals surface area contributed by atoms with Crippen molar-refractivity contribution in [3.63, 3.8) is 0 Å². The fraction of sp³-hybridized carbons (Fsp3) is 0.120. The third kappa shape index (κ3) is 5.01. The fourth-order valence-electron chi connectivity index (χ4n) is 3.19. The highest BCUT2D eigenvalue weighted by atomic mass is 35.5. The maximum absolute atomic E-state index is 13.1. The van der Waals surface area contributed by atoms with Gasteiger partial charge in [-0.05, 0) is 54.0 Å². The minimum Gasteiger partial charge on any atom is -0.488 e. The van der Waals surface area contributed by atoms with E-state index in [1.807, 2.05) is 78.9 Å². The third-order valence-corrected chi connectivity index (χ3v) is 6.46. The van der Waals surface area contributed by atoms with Crippen LogP contribution in [0.5, 0.6) is 5.75 Å². The minimum atomic E-state index is -0.119. The molecule has 3 aromatic carbocycles. The number of benzene rings is 3. The summed E-state index contributed by atoms with van der Waals surface area (Å²) in [6.45, 7) is 2.51. The molecule has 0 radical (unpaired) electrons. The SMILES string of the molecule is CCc1ccc(N2C(=O)/C(=C/c3ccccc3OCc3ccc(Cl)cc3)SC2=S)cc1. The first-order valence-corrected chi connectivity index (χ1v) is 11.5. The Morgan fingerprint density at radius 3 is 2.39 bits per heavy atom. The summed E-state index contributed by atoms with van der Waals surface area (Å²) in [5.41, 5.74) is 3.85. The molecule has 3 aromatic rings. The molecule has 1 saturated heterocycles. The quantitative estimate of drug-likeness (QED) is 0.293. The van der Waals surface area contributed by atoms with Crippen molar-refractivity contribution >= 4 is 57.6 Å². The Bertz CT molecular complexity index is 1140. The van der Waals surface area contributed by atoms with Crippen LogP contribution >= 0.6 is 35.6 Å². The van der Waals surface area contributed by atoms with Crippen LogP contribution in [-0.4, -0.2) is 10.2 Å². The molecule has 156 valence electrons. The van der Waals surface area contributed by atoms with Crippen LogP contribution in [0.1, 0.15) is 23.6 Å². The molecule has 1 aliphatic rings. The van der Waals surface area contributed by atoms with Crippen molar-refractivity contribution in [2.24, 2.45) is 0 Å². The van der Waals surface area contributed by atoms with Gasteiger partial charge < -0.3 is 4.74 Å². The number of ether oxygens (including phenoxy) is 1.